The van der Waals surface area contributed by atoms with E-state index in [4.69, 9.17) is 10.5 Å². The van der Waals surface area contributed by atoms with E-state index in [9.17, 15) is 4.79 Å². The van der Waals surface area contributed by atoms with Gasteiger partial charge in [-0.05, 0) is 13.3 Å². The molecule has 14 heavy (non-hydrogen) atoms. The molecule has 0 saturated carbocycles. The highest BCUT2D eigenvalue weighted by atomic mass is 16.5. The summed E-state index contributed by atoms with van der Waals surface area (Å²) in [4.78, 5) is 13.6. The standard InChI is InChI=1S/C10H18N2O2/c1-8-4-3-5-12(7-8)10(13)9(6-11)14-2/h4,9H,3,5-7,11H2,1-2H3. The maximum Gasteiger partial charge on any atom is 0.253 e. The fraction of sp³-hybridized carbons (Fsp3) is 0.700. The van der Waals surface area contributed by atoms with Crippen molar-refractivity contribution in [3.05, 3.63) is 11.6 Å². The van der Waals surface area contributed by atoms with Crippen molar-refractivity contribution < 1.29 is 9.53 Å². The molecule has 0 aliphatic carbocycles. The van der Waals surface area contributed by atoms with Crippen molar-refractivity contribution in [3.8, 4) is 0 Å². The number of nitrogens with zero attached hydrogens (tertiary/aromatic N) is 1. The van der Waals surface area contributed by atoms with E-state index < -0.39 is 6.10 Å². The Morgan fingerprint density at radius 3 is 3.00 bits per heavy atom. The molecule has 1 aliphatic heterocycles. The van der Waals surface area contributed by atoms with Gasteiger partial charge in [0.15, 0.2) is 0 Å². The quantitative estimate of drug-likeness (QED) is 0.656. The first-order chi connectivity index (χ1) is 6.69. The third-order valence-electron chi connectivity index (χ3n) is 2.42. The van der Waals surface area contributed by atoms with Gasteiger partial charge in [0.2, 0.25) is 0 Å². The van der Waals surface area contributed by atoms with Gasteiger partial charge in [-0.15, -0.1) is 0 Å². The van der Waals surface area contributed by atoms with Crippen LogP contribution in [-0.2, 0) is 9.53 Å². The van der Waals surface area contributed by atoms with Crippen molar-refractivity contribution in [1.82, 2.24) is 4.90 Å². The van der Waals surface area contributed by atoms with Crippen LogP contribution in [0.25, 0.3) is 0 Å². The molecule has 2 N–H and O–H groups in total. The first-order valence-corrected chi connectivity index (χ1v) is 4.86. The fourth-order valence-electron chi connectivity index (χ4n) is 1.60. The zero-order chi connectivity index (χ0) is 10.6. The van der Waals surface area contributed by atoms with Crippen molar-refractivity contribution in [2.24, 2.45) is 5.73 Å². The van der Waals surface area contributed by atoms with E-state index >= 15 is 0 Å². The zero-order valence-electron chi connectivity index (χ0n) is 8.82. The van der Waals surface area contributed by atoms with E-state index in [1.54, 1.807) is 4.90 Å². The van der Waals surface area contributed by atoms with Crippen LogP contribution in [0.2, 0.25) is 0 Å². The van der Waals surface area contributed by atoms with Crippen molar-refractivity contribution in [1.29, 1.82) is 0 Å². The molecule has 0 fully saturated rings. The second-order valence-corrected chi connectivity index (χ2v) is 3.56. The number of amides is 1. The van der Waals surface area contributed by atoms with E-state index in [-0.39, 0.29) is 12.5 Å². The summed E-state index contributed by atoms with van der Waals surface area (Å²) in [6.07, 6.45) is 2.60. The molecule has 0 spiro atoms. The molecule has 1 heterocycles. The average Bonchev–Trinajstić information content (AvgIpc) is 2.19. The molecule has 0 aromatic rings. The Balaban J connectivity index is 2.56. The summed E-state index contributed by atoms with van der Waals surface area (Å²) in [7, 11) is 1.52. The molecule has 80 valence electrons. The Labute approximate surface area is 84.7 Å². The van der Waals surface area contributed by atoms with Gasteiger partial charge < -0.3 is 15.4 Å². The van der Waals surface area contributed by atoms with E-state index in [0.717, 1.165) is 13.0 Å². The van der Waals surface area contributed by atoms with E-state index in [1.165, 1.54) is 12.7 Å². The summed E-state index contributed by atoms with van der Waals surface area (Å²) >= 11 is 0. The monoisotopic (exact) mass is 198 g/mol. The summed E-state index contributed by atoms with van der Waals surface area (Å²) in [5.74, 6) is 0.00227. The molecular formula is C10H18N2O2. The van der Waals surface area contributed by atoms with Gasteiger partial charge >= 0.3 is 0 Å². The lowest BCUT2D eigenvalue weighted by molar-refractivity contribution is -0.141. The van der Waals surface area contributed by atoms with Crippen LogP contribution in [0.3, 0.4) is 0 Å². The maximum absolute atomic E-state index is 11.8. The molecule has 0 aromatic carbocycles. The molecular weight excluding hydrogens is 180 g/mol. The Morgan fingerprint density at radius 1 is 1.79 bits per heavy atom. The molecule has 0 radical (unpaired) electrons. The van der Waals surface area contributed by atoms with Gasteiger partial charge in [-0.25, -0.2) is 0 Å². The Morgan fingerprint density at radius 2 is 2.50 bits per heavy atom. The minimum Gasteiger partial charge on any atom is -0.370 e. The Bertz CT molecular complexity index is 234. The Hall–Kier alpha value is -0.870. The van der Waals surface area contributed by atoms with Crippen LogP contribution in [0.15, 0.2) is 11.6 Å². The van der Waals surface area contributed by atoms with Crippen molar-refractivity contribution >= 4 is 5.91 Å². The van der Waals surface area contributed by atoms with Crippen molar-refractivity contribution in [2.75, 3.05) is 26.7 Å². The van der Waals surface area contributed by atoms with Gasteiger partial charge in [0.1, 0.15) is 6.10 Å². The number of methoxy groups -OCH3 is 1. The topological polar surface area (TPSA) is 55.6 Å². The third kappa shape index (κ3) is 2.56. The highest BCUT2D eigenvalue weighted by Crippen LogP contribution is 2.10. The number of ether oxygens (including phenoxy) is 1. The number of rotatable bonds is 3. The lowest BCUT2D eigenvalue weighted by Gasteiger charge is -2.28. The van der Waals surface area contributed by atoms with Crippen molar-refractivity contribution in [2.45, 2.75) is 19.4 Å². The lowest BCUT2D eigenvalue weighted by Crippen LogP contribution is -2.45. The van der Waals surface area contributed by atoms with Gasteiger partial charge in [-0.1, -0.05) is 11.6 Å². The zero-order valence-corrected chi connectivity index (χ0v) is 8.82. The number of nitrogens with two attached hydrogens (primary N) is 1. The molecule has 1 unspecified atom stereocenters. The van der Waals surface area contributed by atoms with E-state index in [0.29, 0.717) is 6.54 Å². The minimum atomic E-state index is -0.485. The van der Waals surface area contributed by atoms with Crippen LogP contribution in [0.1, 0.15) is 13.3 Å². The fourth-order valence-corrected chi connectivity index (χ4v) is 1.60. The van der Waals surface area contributed by atoms with Crippen LogP contribution >= 0.6 is 0 Å². The third-order valence-corrected chi connectivity index (χ3v) is 2.42. The van der Waals surface area contributed by atoms with Gasteiger partial charge in [-0.3, -0.25) is 4.79 Å². The van der Waals surface area contributed by atoms with Gasteiger partial charge in [0.25, 0.3) is 5.91 Å². The first-order valence-electron chi connectivity index (χ1n) is 4.86. The van der Waals surface area contributed by atoms with Crippen LogP contribution in [0.4, 0.5) is 0 Å². The molecule has 1 rings (SSSR count). The molecule has 1 atom stereocenters. The average molecular weight is 198 g/mol. The Kier molecular flexibility index (Phi) is 4.10. The van der Waals surface area contributed by atoms with Gasteiger partial charge in [-0.2, -0.15) is 0 Å². The normalized spacial score (nSPS) is 19.1. The predicted octanol–water partition coefficient (Wildman–Crippen LogP) is 0.139. The largest absolute Gasteiger partial charge is 0.370 e. The number of hydrogen-bond acceptors (Lipinski definition) is 3. The maximum atomic E-state index is 11.8. The van der Waals surface area contributed by atoms with E-state index in [2.05, 4.69) is 6.08 Å². The summed E-state index contributed by atoms with van der Waals surface area (Å²) < 4.78 is 5.01. The highest BCUT2D eigenvalue weighted by Gasteiger charge is 2.23. The smallest absolute Gasteiger partial charge is 0.253 e. The van der Waals surface area contributed by atoms with Crippen LogP contribution in [-0.4, -0.2) is 43.7 Å². The lowest BCUT2D eigenvalue weighted by atomic mass is 10.1. The SMILES string of the molecule is COC(CN)C(=O)N1CCC=C(C)C1. The first kappa shape index (κ1) is 11.2. The van der Waals surface area contributed by atoms with Crippen LogP contribution < -0.4 is 5.73 Å². The minimum absolute atomic E-state index is 0.00227. The summed E-state index contributed by atoms with van der Waals surface area (Å²) in [5.41, 5.74) is 6.67. The van der Waals surface area contributed by atoms with Gasteiger partial charge in [0.05, 0.1) is 0 Å². The predicted molar refractivity (Wildman–Crippen MR) is 54.8 cm³/mol. The van der Waals surface area contributed by atoms with Gasteiger partial charge in [0, 0.05) is 26.7 Å². The summed E-state index contributed by atoms with van der Waals surface area (Å²) in [6, 6.07) is 0. The molecule has 1 aliphatic rings. The van der Waals surface area contributed by atoms with E-state index in [1.807, 2.05) is 6.92 Å². The second kappa shape index (κ2) is 5.12. The highest BCUT2D eigenvalue weighted by molar-refractivity contribution is 5.81. The molecule has 4 nitrogen and oxygen atoms in total. The molecule has 0 aromatic heterocycles. The van der Waals surface area contributed by atoms with Crippen LogP contribution in [0.5, 0.6) is 0 Å². The van der Waals surface area contributed by atoms with Crippen molar-refractivity contribution in [3.63, 3.8) is 0 Å². The summed E-state index contributed by atoms with van der Waals surface area (Å²) in [5, 5.41) is 0. The molecule has 4 heteroatoms. The molecule has 1 amide bonds. The molecule has 0 saturated heterocycles. The number of carbonyl (C=O) groups excluding carboxylic acids is 1. The number of carbonyl (C=O) groups is 1. The molecule has 0 bridgehead atoms. The summed E-state index contributed by atoms with van der Waals surface area (Å²) in [6.45, 7) is 3.76. The van der Waals surface area contributed by atoms with Crippen LogP contribution in [0, 0.1) is 0 Å². The number of hydrogen-bond donors (Lipinski definition) is 1. The second-order valence-electron chi connectivity index (χ2n) is 3.56.